The molecule has 4 nitrogen and oxygen atoms in total. The molecule has 2 rings (SSSR count). The number of rotatable bonds is 3. The van der Waals surface area contributed by atoms with Crippen molar-refractivity contribution < 1.29 is 19.7 Å². The van der Waals surface area contributed by atoms with Gasteiger partial charge in [-0.2, -0.15) is 0 Å². The molecule has 16 heavy (non-hydrogen) atoms. The van der Waals surface area contributed by atoms with Gasteiger partial charge in [0.05, 0.1) is 19.3 Å². The summed E-state index contributed by atoms with van der Waals surface area (Å²) >= 11 is 0. The summed E-state index contributed by atoms with van der Waals surface area (Å²) in [5.41, 5.74) is 1.06. The van der Waals surface area contributed by atoms with Crippen LogP contribution < -0.4 is 0 Å². The number of ether oxygens (including phenoxy) is 2. The van der Waals surface area contributed by atoms with Crippen LogP contribution in [0.25, 0.3) is 0 Å². The highest BCUT2D eigenvalue weighted by atomic mass is 16.6. The van der Waals surface area contributed by atoms with Crippen LogP contribution in [-0.4, -0.2) is 35.3 Å². The summed E-state index contributed by atoms with van der Waals surface area (Å²) in [6.07, 6.45) is -1.68. The number of aliphatic hydroxyl groups excluding tert-OH is 2. The van der Waals surface area contributed by atoms with Gasteiger partial charge in [-0.15, -0.1) is 0 Å². The Labute approximate surface area is 94.4 Å². The normalized spacial score (nSPS) is 30.2. The van der Waals surface area contributed by atoms with E-state index in [9.17, 15) is 5.11 Å². The van der Waals surface area contributed by atoms with Gasteiger partial charge in [0.1, 0.15) is 6.10 Å². The monoisotopic (exact) mass is 224 g/mol. The van der Waals surface area contributed by atoms with Crippen molar-refractivity contribution in [3.05, 3.63) is 35.9 Å². The first-order valence-electron chi connectivity index (χ1n) is 5.39. The molecule has 4 heteroatoms. The van der Waals surface area contributed by atoms with Crippen LogP contribution in [0.4, 0.5) is 0 Å². The minimum Gasteiger partial charge on any atom is -0.390 e. The van der Waals surface area contributed by atoms with Crippen molar-refractivity contribution in [2.45, 2.75) is 31.5 Å². The molecule has 0 unspecified atom stereocenters. The molecule has 0 amide bonds. The zero-order chi connectivity index (χ0) is 11.4. The fraction of sp³-hybridized carbons (Fsp3) is 0.500. The summed E-state index contributed by atoms with van der Waals surface area (Å²) in [7, 11) is 0. The smallest absolute Gasteiger partial charge is 0.157 e. The Hall–Kier alpha value is -0.940. The van der Waals surface area contributed by atoms with Crippen molar-refractivity contribution in [1.82, 2.24) is 0 Å². The third-order valence-corrected chi connectivity index (χ3v) is 2.63. The predicted molar refractivity (Wildman–Crippen MR) is 57.6 cm³/mol. The van der Waals surface area contributed by atoms with Crippen LogP contribution in [0, 0.1) is 0 Å². The van der Waals surface area contributed by atoms with Crippen molar-refractivity contribution in [2.24, 2.45) is 0 Å². The van der Waals surface area contributed by atoms with Crippen LogP contribution in [0.15, 0.2) is 30.3 Å². The van der Waals surface area contributed by atoms with E-state index in [1.165, 1.54) is 0 Å². The zero-order valence-corrected chi connectivity index (χ0v) is 8.95. The molecule has 1 saturated heterocycles. The maximum atomic E-state index is 9.65. The zero-order valence-electron chi connectivity index (χ0n) is 8.95. The standard InChI is InChI=1S/C12H16O4/c13-10-6-12(14)16-8-11(10)15-7-9-4-2-1-3-5-9/h1-5,10-14H,6-8H2/t10-,11+,12+/m0/s1. The maximum Gasteiger partial charge on any atom is 0.157 e. The third kappa shape index (κ3) is 3.02. The molecule has 1 fully saturated rings. The minimum absolute atomic E-state index is 0.208. The molecule has 0 aliphatic carbocycles. The van der Waals surface area contributed by atoms with Crippen LogP contribution in [0.5, 0.6) is 0 Å². The fourth-order valence-corrected chi connectivity index (χ4v) is 1.68. The van der Waals surface area contributed by atoms with Crippen LogP contribution in [0.2, 0.25) is 0 Å². The number of benzene rings is 1. The van der Waals surface area contributed by atoms with E-state index in [4.69, 9.17) is 14.6 Å². The molecule has 1 aliphatic rings. The quantitative estimate of drug-likeness (QED) is 0.792. The molecule has 88 valence electrons. The number of hydrogen-bond donors (Lipinski definition) is 2. The van der Waals surface area contributed by atoms with Crippen molar-refractivity contribution >= 4 is 0 Å². The molecular weight excluding hydrogens is 208 g/mol. The van der Waals surface area contributed by atoms with E-state index in [-0.39, 0.29) is 19.1 Å². The third-order valence-electron chi connectivity index (χ3n) is 2.63. The van der Waals surface area contributed by atoms with Crippen LogP contribution in [0.1, 0.15) is 12.0 Å². The summed E-state index contributed by atoms with van der Waals surface area (Å²) in [6, 6.07) is 9.75. The second kappa shape index (κ2) is 5.41. The summed E-state index contributed by atoms with van der Waals surface area (Å²) in [5.74, 6) is 0. The Balaban J connectivity index is 1.82. The fourth-order valence-electron chi connectivity index (χ4n) is 1.68. The van der Waals surface area contributed by atoms with E-state index in [0.717, 1.165) is 5.56 Å². The lowest BCUT2D eigenvalue weighted by molar-refractivity contribution is -0.208. The van der Waals surface area contributed by atoms with Gasteiger partial charge in [0, 0.05) is 6.42 Å². The first-order chi connectivity index (χ1) is 7.75. The highest BCUT2D eigenvalue weighted by molar-refractivity contribution is 5.13. The van der Waals surface area contributed by atoms with Crippen molar-refractivity contribution in [3.63, 3.8) is 0 Å². The Morgan fingerprint density at radius 1 is 1.25 bits per heavy atom. The highest BCUT2D eigenvalue weighted by Gasteiger charge is 2.29. The SMILES string of the molecule is O[C@H]1C[C@H](O)[C@H](OCc2ccccc2)CO1. The van der Waals surface area contributed by atoms with Crippen LogP contribution in [-0.2, 0) is 16.1 Å². The summed E-state index contributed by atoms with van der Waals surface area (Å²) in [5, 5.41) is 18.8. The summed E-state index contributed by atoms with van der Waals surface area (Å²) in [4.78, 5) is 0. The Morgan fingerprint density at radius 2 is 2.00 bits per heavy atom. The lowest BCUT2D eigenvalue weighted by Gasteiger charge is -2.30. The average Bonchev–Trinajstić information content (AvgIpc) is 2.29. The van der Waals surface area contributed by atoms with Crippen molar-refractivity contribution in [1.29, 1.82) is 0 Å². The first-order valence-corrected chi connectivity index (χ1v) is 5.39. The van der Waals surface area contributed by atoms with E-state index < -0.39 is 12.4 Å². The largest absolute Gasteiger partial charge is 0.390 e. The summed E-state index contributed by atoms with van der Waals surface area (Å²) < 4.78 is 10.6. The molecule has 1 aromatic carbocycles. The average molecular weight is 224 g/mol. The Kier molecular flexibility index (Phi) is 3.90. The predicted octanol–water partition coefficient (Wildman–Crippen LogP) is 0.671. The molecule has 2 N–H and O–H groups in total. The molecule has 1 aromatic rings. The van der Waals surface area contributed by atoms with Gasteiger partial charge in [0.2, 0.25) is 0 Å². The molecule has 1 aliphatic heterocycles. The van der Waals surface area contributed by atoms with E-state index in [2.05, 4.69) is 0 Å². The molecule has 1 heterocycles. The van der Waals surface area contributed by atoms with Gasteiger partial charge in [0.15, 0.2) is 6.29 Å². The molecule has 0 aromatic heterocycles. The second-order valence-corrected chi connectivity index (χ2v) is 3.93. The van der Waals surface area contributed by atoms with Gasteiger partial charge >= 0.3 is 0 Å². The van der Waals surface area contributed by atoms with Gasteiger partial charge in [0.25, 0.3) is 0 Å². The van der Waals surface area contributed by atoms with E-state index in [1.807, 2.05) is 30.3 Å². The van der Waals surface area contributed by atoms with Crippen LogP contribution >= 0.6 is 0 Å². The molecule has 0 bridgehead atoms. The maximum absolute atomic E-state index is 9.65. The molecule has 3 atom stereocenters. The van der Waals surface area contributed by atoms with E-state index >= 15 is 0 Å². The van der Waals surface area contributed by atoms with Crippen molar-refractivity contribution in [2.75, 3.05) is 6.61 Å². The van der Waals surface area contributed by atoms with Gasteiger partial charge in [-0.25, -0.2) is 0 Å². The molecular formula is C12H16O4. The van der Waals surface area contributed by atoms with Crippen LogP contribution in [0.3, 0.4) is 0 Å². The first kappa shape index (κ1) is 11.5. The van der Waals surface area contributed by atoms with Crippen molar-refractivity contribution in [3.8, 4) is 0 Å². The molecule has 0 spiro atoms. The lowest BCUT2D eigenvalue weighted by Crippen LogP contribution is -2.42. The number of aliphatic hydroxyl groups is 2. The molecule has 0 saturated carbocycles. The topological polar surface area (TPSA) is 58.9 Å². The Morgan fingerprint density at radius 3 is 2.69 bits per heavy atom. The van der Waals surface area contributed by atoms with Gasteiger partial charge in [-0.1, -0.05) is 30.3 Å². The summed E-state index contributed by atoms with van der Waals surface area (Å²) in [6.45, 7) is 0.678. The van der Waals surface area contributed by atoms with E-state index in [0.29, 0.717) is 6.61 Å². The minimum atomic E-state index is -0.869. The van der Waals surface area contributed by atoms with E-state index in [1.54, 1.807) is 0 Å². The highest BCUT2D eigenvalue weighted by Crippen LogP contribution is 2.16. The van der Waals surface area contributed by atoms with Gasteiger partial charge < -0.3 is 19.7 Å². The van der Waals surface area contributed by atoms with Gasteiger partial charge in [-0.05, 0) is 5.56 Å². The molecule has 0 radical (unpaired) electrons. The van der Waals surface area contributed by atoms with Gasteiger partial charge in [-0.3, -0.25) is 0 Å². The lowest BCUT2D eigenvalue weighted by atomic mass is 10.1. The number of hydrogen-bond acceptors (Lipinski definition) is 4. The Bertz CT molecular complexity index is 314. The second-order valence-electron chi connectivity index (χ2n) is 3.93.